The molecular formula is C13H19N. The number of rotatable bonds is 1. The topological polar surface area (TPSA) is 26.0 Å². The van der Waals surface area contributed by atoms with Gasteiger partial charge in [0.15, 0.2) is 0 Å². The van der Waals surface area contributed by atoms with E-state index in [1.807, 2.05) is 0 Å². The van der Waals surface area contributed by atoms with Gasteiger partial charge in [0.2, 0.25) is 0 Å². The normalized spacial score (nSPS) is 21.0. The molecule has 14 heavy (non-hydrogen) atoms. The van der Waals surface area contributed by atoms with Crippen molar-refractivity contribution in [3.8, 4) is 0 Å². The highest BCUT2D eigenvalue weighted by Crippen LogP contribution is 2.32. The van der Waals surface area contributed by atoms with Crippen LogP contribution in [-0.4, -0.2) is 5.54 Å². The Kier molecular flexibility index (Phi) is 2.15. The summed E-state index contributed by atoms with van der Waals surface area (Å²) in [7, 11) is 0. The zero-order valence-electron chi connectivity index (χ0n) is 9.30. The third-order valence-corrected chi connectivity index (χ3v) is 3.35. The first-order valence-electron chi connectivity index (χ1n) is 5.34. The highest BCUT2D eigenvalue weighted by molar-refractivity contribution is 5.36. The minimum Gasteiger partial charge on any atom is -0.325 e. The van der Waals surface area contributed by atoms with Crippen LogP contribution in [0.4, 0.5) is 0 Å². The summed E-state index contributed by atoms with van der Waals surface area (Å²) in [4.78, 5) is 0. The van der Waals surface area contributed by atoms with Gasteiger partial charge < -0.3 is 5.73 Å². The Morgan fingerprint density at radius 1 is 1.21 bits per heavy atom. The zero-order chi connectivity index (χ0) is 10.3. The lowest BCUT2D eigenvalue weighted by atomic mass is 9.86. The molecule has 76 valence electrons. The van der Waals surface area contributed by atoms with E-state index in [1.54, 1.807) is 0 Å². The van der Waals surface area contributed by atoms with Crippen LogP contribution in [-0.2, 0) is 12.8 Å². The van der Waals surface area contributed by atoms with Crippen LogP contribution in [0.3, 0.4) is 0 Å². The van der Waals surface area contributed by atoms with Gasteiger partial charge in [0.1, 0.15) is 0 Å². The predicted molar refractivity (Wildman–Crippen MR) is 60.3 cm³/mol. The molecule has 0 amide bonds. The highest BCUT2D eigenvalue weighted by atomic mass is 14.7. The largest absolute Gasteiger partial charge is 0.325 e. The molecule has 0 radical (unpaired) electrons. The van der Waals surface area contributed by atoms with Crippen LogP contribution >= 0.6 is 0 Å². The fourth-order valence-electron chi connectivity index (χ4n) is 2.27. The average Bonchev–Trinajstić information content (AvgIpc) is 2.45. The van der Waals surface area contributed by atoms with E-state index < -0.39 is 0 Å². The van der Waals surface area contributed by atoms with E-state index in [9.17, 15) is 0 Å². The molecule has 0 bridgehead atoms. The van der Waals surface area contributed by atoms with E-state index in [4.69, 9.17) is 5.73 Å². The molecule has 0 saturated carbocycles. The van der Waals surface area contributed by atoms with Crippen LogP contribution in [0.25, 0.3) is 0 Å². The van der Waals surface area contributed by atoms with Gasteiger partial charge in [-0.3, -0.25) is 0 Å². The number of nitrogens with two attached hydrogens (primary N) is 1. The molecule has 1 unspecified atom stereocenters. The first-order chi connectivity index (χ1) is 6.47. The van der Waals surface area contributed by atoms with Crippen LogP contribution in [0.1, 0.15) is 30.5 Å². The molecule has 1 aromatic carbocycles. The van der Waals surface area contributed by atoms with E-state index >= 15 is 0 Å². The molecule has 2 N–H and O–H groups in total. The third-order valence-electron chi connectivity index (χ3n) is 3.35. The summed E-state index contributed by atoms with van der Waals surface area (Å²) in [6.07, 6.45) is 2.31. The smallest absolute Gasteiger partial charge is 0.0132 e. The molecule has 0 saturated heterocycles. The fraction of sp³-hybridized carbons (Fsp3) is 0.538. The summed E-state index contributed by atoms with van der Waals surface area (Å²) < 4.78 is 0. The predicted octanol–water partition coefficient (Wildman–Crippen LogP) is 2.45. The summed E-state index contributed by atoms with van der Waals surface area (Å²) >= 11 is 0. The Bertz CT molecular complexity index is 347. The standard InChI is InChI=1S/C13H19N/c1-9-4-5-10-7-12(13(2,3)14)8-11(10)6-9/h4-6,12H,7-8,14H2,1-3H3. The molecule has 0 heterocycles. The van der Waals surface area contributed by atoms with Gasteiger partial charge in [-0.05, 0) is 50.7 Å². The lowest BCUT2D eigenvalue weighted by molar-refractivity contribution is 0.334. The maximum absolute atomic E-state index is 6.16. The Balaban J connectivity index is 2.26. The minimum atomic E-state index is -0.0487. The molecule has 1 aliphatic rings. The van der Waals surface area contributed by atoms with Crippen molar-refractivity contribution in [1.82, 2.24) is 0 Å². The van der Waals surface area contributed by atoms with E-state index in [0.717, 1.165) is 12.8 Å². The van der Waals surface area contributed by atoms with E-state index in [2.05, 4.69) is 39.0 Å². The van der Waals surface area contributed by atoms with Crippen molar-refractivity contribution in [1.29, 1.82) is 0 Å². The van der Waals surface area contributed by atoms with Crippen LogP contribution in [0, 0.1) is 12.8 Å². The van der Waals surface area contributed by atoms with Crippen LogP contribution < -0.4 is 5.73 Å². The van der Waals surface area contributed by atoms with E-state index in [0.29, 0.717) is 5.92 Å². The van der Waals surface area contributed by atoms with Crippen molar-refractivity contribution in [3.05, 3.63) is 34.9 Å². The van der Waals surface area contributed by atoms with Gasteiger partial charge in [-0.2, -0.15) is 0 Å². The molecule has 1 heteroatoms. The van der Waals surface area contributed by atoms with Gasteiger partial charge in [0, 0.05) is 5.54 Å². The van der Waals surface area contributed by atoms with Gasteiger partial charge in [0.25, 0.3) is 0 Å². The first kappa shape index (κ1) is 9.72. The molecule has 1 aromatic rings. The lowest BCUT2D eigenvalue weighted by Gasteiger charge is -2.26. The number of benzene rings is 1. The number of fused-ring (bicyclic) bond motifs is 1. The van der Waals surface area contributed by atoms with Crippen LogP contribution in [0.5, 0.6) is 0 Å². The summed E-state index contributed by atoms with van der Waals surface area (Å²) in [6.45, 7) is 6.42. The van der Waals surface area contributed by atoms with E-state index in [1.165, 1.54) is 16.7 Å². The van der Waals surface area contributed by atoms with E-state index in [-0.39, 0.29) is 5.54 Å². The quantitative estimate of drug-likeness (QED) is 0.721. The van der Waals surface area contributed by atoms with Crippen molar-refractivity contribution in [2.24, 2.45) is 11.7 Å². The van der Waals surface area contributed by atoms with Crippen molar-refractivity contribution in [2.75, 3.05) is 0 Å². The Morgan fingerprint density at radius 2 is 1.86 bits per heavy atom. The molecule has 1 atom stereocenters. The lowest BCUT2D eigenvalue weighted by Crippen LogP contribution is -2.41. The molecule has 1 nitrogen and oxygen atoms in total. The number of hydrogen-bond acceptors (Lipinski definition) is 1. The van der Waals surface area contributed by atoms with Crippen molar-refractivity contribution < 1.29 is 0 Å². The van der Waals surface area contributed by atoms with Crippen LogP contribution in [0.15, 0.2) is 18.2 Å². The monoisotopic (exact) mass is 189 g/mol. The molecule has 1 aliphatic carbocycles. The molecule has 0 aromatic heterocycles. The Hall–Kier alpha value is -0.820. The van der Waals surface area contributed by atoms with Crippen molar-refractivity contribution in [2.45, 2.75) is 39.2 Å². The third kappa shape index (κ3) is 1.69. The summed E-state index contributed by atoms with van der Waals surface area (Å²) in [5.41, 5.74) is 10.5. The number of hydrogen-bond donors (Lipinski definition) is 1. The fourth-order valence-corrected chi connectivity index (χ4v) is 2.27. The van der Waals surface area contributed by atoms with Gasteiger partial charge in [-0.1, -0.05) is 23.8 Å². The molecular weight excluding hydrogens is 170 g/mol. The maximum Gasteiger partial charge on any atom is 0.0132 e. The second kappa shape index (κ2) is 3.09. The summed E-state index contributed by atoms with van der Waals surface area (Å²) in [5, 5.41) is 0. The second-order valence-corrected chi connectivity index (χ2v) is 5.20. The van der Waals surface area contributed by atoms with Gasteiger partial charge in [-0.25, -0.2) is 0 Å². The van der Waals surface area contributed by atoms with Gasteiger partial charge >= 0.3 is 0 Å². The minimum absolute atomic E-state index is 0.0487. The highest BCUT2D eigenvalue weighted by Gasteiger charge is 2.31. The number of aryl methyl sites for hydroxylation is 1. The summed E-state index contributed by atoms with van der Waals surface area (Å²) in [5.74, 6) is 0.610. The molecule has 0 fully saturated rings. The second-order valence-electron chi connectivity index (χ2n) is 5.20. The Morgan fingerprint density at radius 3 is 2.50 bits per heavy atom. The summed E-state index contributed by atoms with van der Waals surface area (Å²) in [6, 6.07) is 6.77. The first-order valence-corrected chi connectivity index (χ1v) is 5.34. The molecule has 0 spiro atoms. The Labute approximate surface area is 86.3 Å². The van der Waals surface area contributed by atoms with Crippen molar-refractivity contribution >= 4 is 0 Å². The van der Waals surface area contributed by atoms with Gasteiger partial charge in [0.05, 0.1) is 0 Å². The maximum atomic E-state index is 6.16. The van der Waals surface area contributed by atoms with Crippen molar-refractivity contribution in [3.63, 3.8) is 0 Å². The van der Waals surface area contributed by atoms with Gasteiger partial charge in [-0.15, -0.1) is 0 Å². The molecule has 2 rings (SSSR count). The molecule has 0 aliphatic heterocycles. The zero-order valence-corrected chi connectivity index (χ0v) is 9.30. The average molecular weight is 189 g/mol. The SMILES string of the molecule is Cc1ccc2c(c1)CC(C(C)(C)N)C2. The van der Waals surface area contributed by atoms with Crippen LogP contribution in [0.2, 0.25) is 0 Å².